The normalized spacial score (nSPS) is 11.8. The molecule has 0 radical (unpaired) electrons. The van der Waals surface area contributed by atoms with Crippen molar-refractivity contribution in [1.29, 1.82) is 0 Å². The second-order valence-electron chi connectivity index (χ2n) is 50.2. The molecule has 0 heteroatoms. The molecule has 0 saturated heterocycles. The van der Waals surface area contributed by atoms with Crippen LogP contribution in [-0.2, 0) is 0 Å². The molecule has 0 aliphatic rings. The molecule has 0 rings (SSSR count). The van der Waals surface area contributed by atoms with Crippen LogP contribution in [0, 0.1) is 94.7 Å². The van der Waals surface area contributed by atoms with Crippen LogP contribution in [0.5, 0.6) is 0 Å². The van der Waals surface area contributed by atoms with E-state index in [1.165, 1.54) is 559 Å². The van der Waals surface area contributed by atoms with Gasteiger partial charge in [0.2, 0.25) is 0 Å². The lowest BCUT2D eigenvalue weighted by molar-refractivity contribution is 0.360. The Kier molecular flexibility index (Phi) is 149. The standard InChI is InChI=1S/C20H42.C19H40.C18H38.C18H36.C17H36.C17H34.C16H34.C16H32/c1-5-7-9-11-16-20(17-12-10-8-6-2)18-14-13-15-19(3)4;1-5-7-9-11-15-19(16-12-10-8-6-2)17-13-14-18(3)4;2*1-5-7-9-14-18(15-10-8-6-2)16-12-11-13-17(3)4;2*1-5-7-9-13-17(14-10-8-6-2)15-11-12-16(3)4;2*1-5-7-12-16(13-8-6-2)14-10-9-11-15(3)4/h19-20H,5-18H2,1-4H3;18-19H,5-17H2,1-4H3;17-18H,5-16H2,1-4H3;11-12,17-18H,5-10,13-16H2,1-4H3;16-17H,5-15H2,1-4H3;11,15-17H,5-10,12-14H2,1-4H3;15-16H,5-14H2,1-4H3;9-10,15-16H,5-8,11-14H2,1-4H3/b;;;12-11-;;15-11-;;10-9-. The van der Waals surface area contributed by atoms with Crippen LogP contribution in [0.4, 0.5) is 0 Å². The van der Waals surface area contributed by atoms with Gasteiger partial charge in [-0.3, -0.25) is 0 Å². The van der Waals surface area contributed by atoms with E-state index in [-0.39, 0.29) is 0 Å². The molecule has 0 nitrogen and oxygen atoms in total. The lowest BCUT2D eigenvalue weighted by Crippen LogP contribution is -2.02. The van der Waals surface area contributed by atoms with Crippen LogP contribution >= 0.6 is 0 Å². The summed E-state index contributed by atoms with van der Waals surface area (Å²) < 4.78 is 0. The van der Waals surface area contributed by atoms with Crippen LogP contribution in [0.25, 0.3) is 0 Å². The Morgan fingerprint density at radius 1 is 0.106 bits per heavy atom. The van der Waals surface area contributed by atoms with Crippen molar-refractivity contribution in [3.05, 3.63) is 36.5 Å². The second kappa shape index (κ2) is 135. The zero-order valence-corrected chi connectivity index (χ0v) is 106. The second-order valence-corrected chi connectivity index (χ2v) is 50.2. The van der Waals surface area contributed by atoms with Gasteiger partial charge < -0.3 is 0 Å². The molecule has 0 atom stereocenters. The van der Waals surface area contributed by atoms with E-state index in [1.807, 2.05) is 0 Å². The largest absolute Gasteiger partial charge is 0.0883 e. The van der Waals surface area contributed by atoms with Crippen molar-refractivity contribution >= 4 is 0 Å². The number of unbranched alkanes of at least 4 members (excludes halogenated alkanes) is 35. The molecule has 0 N–H and O–H groups in total. The minimum absolute atomic E-state index is 0.804. The summed E-state index contributed by atoms with van der Waals surface area (Å²) in [6.07, 6.45) is 139. The van der Waals surface area contributed by atoms with Crippen LogP contribution in [0.3, 0.4) is 0 Å². The van der Waals surface area contributed by atoms with E-state index >= 15 is 0 Å². The fourth-order valence-corrected chi connectivity index (χ4v) is 20.5. The van der Waals surface area contributed by atoms with Crippen LogP contribution in [0.15, 0.2) is 36.5 Å². The van der Waals surface area contributed by atoms with Crippen LogP contribution in [0.2, 0.25) is 0 Å². The summed E-state index contributed by atoms with van der Waals surface area (Å²) in [6.45, 7) is 74.2. The quantitative estimate of drug-likeness (QED) is 0.0421. The molecular formula is C141H292. The van der Waals surface area contributed by atoms with Crippen molar-refractivity contribution in [2.75, 3.05) is 0 Å². The average Bonchev–Trinajstić information content (AvgIpc) is 1.01. The summed E-state index contributed by atoms with van der Waals surface area (Å²) in [7, 11) is 0. The number of allylic oxidation sites excluding steroid dienone is 6. The molecule has 856 valence electrons. The lowest BCUT2D eigenvalue weighted by atomic mass is 9.89. The molecule has 0 aliphatic carbocycles. The summed E-state index contributed by atoms with van der Waals surface area (Å²) in [5.74, 6) is 14.8. The zero-order chi connectivity index (χ0) is 107. The van der Waals surface area contributed by atoms with E-state index in [4.69, 9.17) is 0 Å². The highest BCUT2D eigenvalue weighted by Gasteiger charge is 2.16. The van der Waals surface area contributed by atoms with Gasteiger partial charge in [0, 0.05) is 0 Å². The molecule has 0 fully saturated rings. The maximum Gasteiger partial charge on any atom is -0.0234 e. The minimum Gasteiger partial charge on any atom is -0.0883 e. The summed E-state index contributed by atoms with van der Waals surface area (Å²) in [5.41, 5.74) is 0. The monoisotopic (exact) mass is 1990 g/mol. The Balaban J connectivity index is -0.000000239. The highest BCUT2D eigenvalue weighted by Crippen LogP contribution is 2.32. The highest BCUT2D eigenvalue weighted by atomic mass is 14.2. The van der Waals surface area contributed by atoms with Gasteiger partial charge in [0.25, 0.3) is 0 Å². The molecule has 141 heavy (non-hydrogen) atoms. The van der Waals surface area contributed by atoms with Gasteiger partial charge in [0.05, 0.1) is 0 Å². The van der Waals surface area contributed by atoms with Gasteiger partial charge in [0.15, 0.2) is 0 Å². The third-order valence-corrected chi connectivity index (χ3v) is 30.6. The first kappa shape index (κ1) is 155. The summed E-state index contributed by atoms with van der Waals surface area (Å²) in [5, 5.41) is 0. The van der Waals surface area contributed by atoms with Crippen molar-refractivity contribution < 1.29 is 0 Å². The van der Waals surface area contributed by atoms with Crippen molar-refractivity contribution in [2.24, 2.45) is 94.7 Å². The topological polar surface area (TPSA) is 0 Å². The van der Waals surface area contributed by atoms with Gasteiger partial charge in [-0.2, -0.15) is 0 Å². The van der Waals surface area contributed by atoms with E-state index in [0.717, 1.165) is 94.7 Å². The molecule has 0 amide bonds. The lowest BCUT2D eigenvalue weighted by Gasteiger charge is -2.17. The maximum atomic E-state index is 2.51. The number of rotatable bonds is 98. The molecule has 0 bridgehead atoms. The number of hydrogen-bond donors (Lipinski definition) is 0. The maximum absolute atomic E-state index is 2.51. The molecule has 0 heterocycles. The molecule has 0 aromatic heterocycles. The predicted molar refractivity (Wildman–Crippen MR) is 667 cm³/mol. The summed E-state index contributed by atoms with van der Waals surface area (Å²) in [6, 6.07) is 0. The fraction of sp³-hybridized carbons (Fsp3) is 0.957. The smallest absolute Gasteiger partial charge is 0.0234 e. The number of hydrogen-bond acceptors (Lipinski definition) is 0. The Morgan fingerprint density at radius 2 is 0.241 bits per heavy atom. The molecule has 0 aromatic rings. The summed E-state index contributed by atoms with van der Waals surface area (Å²) >= 11 is 0. The van der Waals surface area contributed by atoms with Crippen molar-refractivity contribution in [1.82, 2.24) is 0 Å². The van der Waals surface area contributed by atoms with E-state index in [0.29, 0.717) is 0 Å². The molecule has 0 aromatic carbocycles. The first-order valence-corrected chi connectivity index (χ1v) is 67.1. The molecule has 0 aliphatic heterocycles. The Hall–Kier alpha value is -0.780. The van der Waals surface area contributed by atoms with Gasteiger partial charge >= 0.3 is 0 Å². The van der Waals surface area contributed by atoms with E-state index in [1.54, 1.807) is 0 Å². The van der Waals surface area contributed by atoms with Crippen molar-refractivity contribution in [2.45, 2.75) is 780 Å². The Labute approximate surface area is 905 Å². The Morgan fingerprint density at radius 3 is 0.440 bits per heavy atom. The van der Waals surface area contributed by atoms with Crippen molar-refractivity contribution in [3.8, 4) is 0 Å². The molecule has 0 unspecified atom stereocenters. The zero-order valence-electron chi connectivity index (χ0n) is 106. The third-order valence-electron chi connectivity index (χ3n) is 30.6. The van der Waals surface area contributed by atoms with Gasteiger partial charge in [-0.15, -0.1) is 0 Å². The van der Waals surface area contributed by atoms with Gasteiger partial charge in [-0.1, -0.05) is 772 Å². The van der Waals surface area contributed by atoms with E-state index in [2.05, 4.69) is 258 Å². The fourth-order valence-electron chi connectivity index (χ4n) is 20.5. The van der Waals surface area contributed by atoms with Crippen molar-refractivity contribution in [3.63, 3.8) is 0 Å². The molecule has 0 saturated carbocycles. The Bertz CT molecular complexity index is 2060. The molecule has 0 spiro atoms. The highest BCUT2D eigenvalue weighted by molar-refractivity contribution is 4.90. The van der Waals surface area contributed by atoms with Gasteiger partial charge in [-0.05, 0) is 140 Å². The predicted octanol–water partition coefficient (Wildman–Crippen LogP) is 54.0. The first-order chi connectivity index (χ1) is 68.1. The average molecular weight is 1990 g/mol. The van der Waals surface area contributed by atoms with Crippen LogP contribution < -0.4 is 0 Å². The van der Waals surface area contributed by atoms with Gasteiger partial charge in [0.1, 0.15) is 0 Å². The first-order valence-electron chi connectivity index (χ1n) is 67.1. The summed E-state index contributed by atoms with van der Waals surface area (Å²) in [4.78, 5) is 0. The van der Waals surface area contributed by atoms with E-state index in [9.17, 15) is 0 Å². The molecular weight excluding hydrogens is 1690 g/mol. The SMILES string of the molecule is CCCCC(C/C=C\CC(C)C)CCCC.CCCCC(CCCC)CCCCC(C)C.CCCCCC(/C=C\CC(C)C)CCCCC.CCCCCC(C/C=C\CC(C)C)CCCCC.CCCCCC(CCCCC)CCCC(C)C.CCCCCC(CCCCC)CCCCC(C)C.CCCCCCC(CCCCCC)CCCC(C)C.CCCCCCC(CCCCCC)CCCCC(C)C. The van der Waals surface area contributed by atoms with E-state index < -0.39 is 0 Å². The third kappa shape index (κ3) is 150. The van der Waals surface area contributed by atoms with Crippen LogP contribution in [0.1, 0.15) is 780 Å². The van der Waals surface area contributed by atoms with Gasteiger partial charge in [-0.25, -0.2) is 0 Å². The van der Waals surface area contributed by atoms with Crippen LogP contribution in [-0.4, -0.2) is 0 Å². The minimum atomic E-state index is 0.804.